The van der Waals surface area contributed by atoms with Crippen molar-refractivity contribution >= 4 is 16.0 Å². The highest BCUT2D eigenvalue weighted by molar-refractivity contribution is 7.92. The molecule has 2 aromatic rings. The van der Waals surface area contributed by atoms with Gasteiger partial charge in [0.25, 0.3) is 10.0 Å². The highest BCUT2D eigenvalue weighted by Gasteiger charge is 2.16. The van der Waals surface area contributed by atoms with Gasteiger partial charge in [-0.3, -0.25) is 0 Å². The Labute approximate surface area is 123 Å². The third kappa shape index (κ3) is 4.47. The third-order valence-corrected chi connectivity index (χ3v) is 3.82. The Kier molecular flexibility index (Phi) is 4.81. The molecule has 0 aliphatic heterocycles. The number of pyridine rings is 1. The molecule has 0 saturated carbocycles. The zero-order valence-electron chi connectivity index (χ0n) is 11.8. The second-order valence-corrected chi connectivity index (χ2v) is 6.35. The lowest BCUT2D eigenvalue weighted by Crippen LogP contribution is -2.22. The number of rotatable bonds is 6. The molecule has 2 heterocycles. The van der Waals surface area contributed by atoms with Crippen molar-refractivity contribution < 1.29 is 8.42 Å². The second kappa shape index (κ2) is 6.59. The molecule has 0 radical (unpaired) electrons. The summed E-state index contributed by atoms with van der Waals surface area (Å²) in [7, 11) is -3.77. The van der Waals surface area contributed by atoms with Gasteiger partial charge in [-0.25, -0.2) is 19.7 Å². The van der Waals surface area contributed by atoms with Gasteiger partial charge in [-0.05, 0) is 17.7 Å². The number of hydrogen-bond donors (Lipinski definition) is 2. The van der Waals surface area contributed by atoms with Gasteiger partial charge in [-0.15, -0.1) is 0 Å². The smallest absolute Gasteiger partial charge is 0.281 e. The number of hydrogen-bond acceptors (Lipinski definition) is 6. The third-order valence-electron chi connectivity index (χ3n) is 2.58. The molecule has 0 unspecified atom stereocenters. The van der Waals surface area contributed by atoms with Crippen LogP contribution in [0.25, 0.3) is 0 Å². The summed E-state index contributed by atoms with van der Waals surface area (Å²) in [6.07, 6.45) is 4.45. The predicted octanol–water partition coefficient (Wildman–Crippen LogP) is 1.17. The van der Waals surface area contributed by atoms with Crippen molar-refractivity contribution in [2.24, 2.45) is 0 Å². The summed E-state index contributed by atoms with van der Waals surface area (Å²) in [5, 5.41) is 3.17. The van der Waals surface area contributed by atoms with E-state index in [2.05, 4.69) is 25.0 Å². The fraction of sp³-hybridized carbons (Fsp3) is 0.308. The van der Waals surface area contributed by atoms with Crippen molar-refractivity contribution in [1.29, 1.82) is 0 Å². The van der Waals surface area contributed by atoms with Crippen LogP contribution in [0.2, 0.25) is 0 Å². The molecule has 0 atom stereocenters. The van der Waals surface area contributed by atoms with E-state index in [4.69, 9.17) is 0 Å². The van der Waals surface area contributed by atoms with Gasteiger partial charge in [-0.1, -0.05) is 19.9 Å². The average Bonchev–Trinajstić information content (AvgIpc) is 2.46. The quantitative estimate of drug-likeness (QED) is 0.831. The van der Waals surface area contributed by atoms with Crippen LogP contribution in [0.5, 0.6) is 0 Å². The van der Waals surface area contributed by atoms with Gasteiger partial charge in [0.1, 0.15) is 0 Å². The lowest BCUT2D eigenvalue weighted by molar-refractivity contribution is 0.585. The highest BCUT2D eigenvalue weighted by Crippen LogP contribution is 2.10. The van der Waals surface area contributed by atoms with E-state index >= 15 is 0 Å². The Balaban J connectivity index is 2.10. The van der Waals surface area contributed by atoms with Crippen LogP contribution in [0.1, 0.15) is 19.4 Å². The molecule has 2 aromatic heterocycles. The van der Waals surface area contributed by atoms with E-state index in [1.165, 1.54) is 24.7 Å². The van der Waals surface area contributed by atoms with Crippen LogP contribution in [0.15, 0.2) is 41.8 Å². The summed E-state index contributed by atoms with van der Waals surface area (Å²) in [4.78, 5) is 11.6. The Morgan fingerprint density at radius 3 is 2.43 bits per heavy atom. The number of aromatic nitrogens is 3. The number of nitrogens with one attached hydrogen (secondary N) is 2. The molecule has 0 amide bonds. The molecular formula is C13H17N5O2S. The van der Waals surface area contributed by atoms with Crippen molar-refractivity contribution in [1.82, 2.24) is 20.3 Å². The summed E-state index contributed by atoms with van der Waals surface area (Å²) in [6.45, 7) is 4.71. The number of sulfonamides is 1. The monoisotopic (exact) mass is 307 g/mol. The maximum atomic E-state index is 12.1. The molecule has 0 aromatic carbocycles. The first-order valence-corrected chi connectivity index (χ1v) is 7.94. The van der Waals surface area contributed by atoms with Gasteiger partial charge in [-0.2, -0.15) is 8.42 Å². The van der Waals surface area contributed by atoms with Gasteiger partial charge in [0, 0.05) is 31.2 Å². The molecule has 0 spiro atoms. The standard InChI is InChI=1S/C13H17N5O2S/c1-10(2)16-8-11-4-5-12(17-9-11)21(19,20)18-13-14-6-3-7-15-13/h3-7,9-10,16H,8H2,1-2H3,(H,14,15,18). The Morgan fingerprint density at radius 2 is 1.86 bits per heavy atom. The molecule has 21 heavy (non-hydrogen) atoms. The van der Waals surface area contributed by atoms with Crippen molar-refractivity contribution in [3.05, 3.63) is 42.4 Å². The van der Waals surface area contributed by atoms with E-state index in [0.717, 1.165) is 5.56 Å². The molecular weight excluding hydrogens is 290 g/mol. The lowest BCUT2D eigenvalue weighted by atomic mass is 10.2. The molecule has 8 heteroatoms. The topological polar surface area (TPSA) is 96.9 Å². The first kappa shape index (κ1) is 15.3. The van der Waals surface area contributed by atoms with E-state index in [9.17, 15) is 8.42 Å². The first-order valence-electron chi connectivity index (χ1n) is 6.45. The van der Waals surface area contributed by atoms with Crippen LogP contribution < -0.4 is 10.0 Å². The minimum absolute atomic E-state index is 0.0184. The van der Waals surface area contributed by atoms with E-state index in [1.54, 1.807) is 12.1 Å². The van der Waals surface area contributed by atoms with Crippen LogP contribution in [0, 0.1) is 0 Å². The fourth-order valence-corrected chi connectivity index (χ4v) is 2.41. The van der Waals surface area contributed by atoms with Crippen molar-refractivity contribution in [3.63, 3.8) is 0 Å². The van der Waals surface area contributed by atoms with Crippen LogP contribution in [-0.2, 0) is 16.6 Å². The zero-order valence-corrected chi connectivity index (χ0v) is 12.6. The predicted molar refractivity (Wildman–Crippen MR) is 79.1 cm³/mol. The number of nitrogens with zero attached hydrogens (tertiary/aromatic N) is 3. The van der Waals surface area contributed by atoms with Crippen molar-refractivity contribution in [2.45, 2.75) is 31.5 Å². The van der Waals surface area contributed by atoms with Crippen LogP contribution in [-0.4, -0.2) is 29.4 Å². The molecule has 0 saturated heterocycles. The largest absolute Gasteiger partial charge is 0.310 e. The minimum Gasteiger partial charge on any atom is -0.310 e. The van der Waals surface area contributed by atoms with Gasteiger partial charge in [0.2, 0.25) is 5.95 Å². The molecule has 2 rings (SSSR count). The Hall–Kier alpha value is -2.06. The molecule has 0 aliphatic rings. The summed E-state index contributed by atoms with van der Waals surface area (Å²) < 4.78 is 26.5. The maximum absolute atomic E-state index is 12.1. The Morgan fingerprint density at radius 1 is 1.14 bits per heavy atom. The normalized spacial score (nSPS) is 11.6. The molecule has 0 fully saturated rings. The van der Waals surface area contributed by atoms with Crippen LogP contribution >= 0.6 is 0 Å². The summed E-state index contributed by atoms with van der Waals surface area (Å²) in [6, 6.07) is 5.14. The zero-order chi connectivity index (χ0) is 15.3. The molecule has 0 bridgehead atoms. The highest BCUT2D eigenvalue weighted by atomic mass is 32.2. The van der Waals surface area contributed by atoms with Gasteiger partial charge < -0.3 is 5.32 Å². The maximum Gasteiger partial charge on any atom is 0.281 e. The second-order valence-electron chi connectivity index (χ2n) is 4.72. The number of anilines is 1. The van der Waals surface area contributed by atoms with E-state index in [-0.39, 0.29) is 11.0 Å². The van der Waals surface area contributed by atoms with E-state index in [0.29, 0.717) is 12.6 Å². The average molecular weight is 307 g/mol. The summed E-state index contributed by atoms with van der Waals surface area (Å²) in [5.41, 5.74) is 0.915. The van der Waals surface area contributed by atoms with Gasteiger partial charge in [0.15, 0.2) is 5.03 Å². The lowest BCUT2D eigenvalue weighted by Gasteiger charge is -2.09. The van der Waals surface area contributed by atoms with Gasteiger partial charge in [0.05, 0.1) is 0 Å². The van der Waals surface area contributed by atoms with E-state index < -0.39 is 10.0 Å². The molecule has 2 N–H and O–H groups in total. The molecule has 112 valence electrons. The SMILES string of the molecule is CC(C)NCc1ccc(S(=O)(=O)Nc2ncccn2)nc1. The van der Waals surface area contributed by atoms with Crippen molar-refractivity contribution in [3.8, 4) is 0 Å². The fourth-order valence-electron chi connectivity index (χ4n) is 1.52. The first-order chi connectivity index (χ1) is 9.97. The van der Waals surface area contributed by atoms with E-state index in [1.807, 2.05) is 13.8 Å². The minimum atomic E-state index is -3.77. The van der Waals surface area contributed by atoms with Crippen LogP contribution in [0.3, 0.4) is 0 Å². The Bertz CT molecular complexity index is 671. The summed E-state index contributed by atoms with van der Waals surface area (Å²) >= 11 is 0. The summed E-state index contributed by atoms with van der Waals surface area (Å²) in [5.74, 6) is 0.0184. The van der Waals surface area contributed by atoms with Crippen LogP contribution in [0.4, 0.5) is 5.95 Å². The molecule has 7 nitrogen and oxygen atoms in total. The van der Waals surface area contributed by atoms with Crippen molar-refractivity contribution in [2.75, 3.05) is 4.72 Å². The van der Waals surface area contributed by atoms with Gasteiger partial charge >= 0.3 is 0 Å². The molecule has 0 aliphatic carbocycles.